The van der Waals surface area contributed by atoms with Gasteiger partial charge in [-0.25, -0.2) is 4.98 Å². The molecule has 0 unspecified atom stereocenters. The Morgan fingerprint density at radius 3 is 2.78 bits per heavy atom. The number of rotatable bonds is 7. The zero-order chi connectivity index (χ0) is 16.8. The van der Waals surface area contributed by atoms with Gasteiger partial charge in [-0.15, -0.1) is 0 Å². The standard InChI is InChI=1S/C16H23N5O2/c1-12(2)4-7-20-8-5-13(3)14(16(20)23)15(22)18-6-9-21-11-17-10-19-21/h5,8,10-12H,4,6-7,9H2,1-3H3,(H,18,22). The average Bonchev–Trinajstić information content (AvgIpc) is 2.99. The number of hydrogen-bond acceptors (Lipinski definition) is 4. The summed E-state index contributed by atoms with van der Waals surface area (Å²) in [5.74, 6) is 0.162. The van der Waals surface area contributed by atoms with Crippen LogP contribution in [0.25, 0.3) is 0 Å². The highest BCUT2D eigenvalue weighted by atomic mass is 16.2. The molecule has 0 aliphatic rings. The Morgan fingerprint density at radius 2 is 2.13 bits per heavy atom. The minimum atomic E-state index is -0.341. The molecule has 124 valence electrons. The summed E-state index contributed by atoms with van der Waals surface area (Å²) in [6.07, 6.45) is 5.68. The molecular weight excluding hydrogens is 294 g/mol. The van der Waals surface area contributed by atoms with Gasteiger partial charge in [0.1, 0.15) is 18.2 Å². The summed E-state index contributed by atoms with van der Waals surface area (Å²) in [5, 5.41) is 6.73. The normalized spacial score (nSPS) is 11.0. The quantitative estimate of drug-likeness (QED) is 0.832. The first-order valence-corrected chi connectivity index (χ1v) is 7.79. The van der Waals surface area contributed by atoms with Gasteiger partial charge in [0.15, 0.2) is 0 Å². The van der Waals surface area contributed by atoms with Crippen LogP contribution in [0.4, 0.5) is 0 Å². The lowest BCUT2D eigenvalue weighted by Gasteiger charge is -2.12. The van der Waals surface area contributed by atoms with E-state index >= 15 is 0 Å². The fourth-order valence-electron chi connectivity index (χ4n) is 2.24. The van der Waals surface area contributed by atoms with E-state index in [-0.39, 0.29) is 17.0 Å². The van der Waals surface area contributed by atoms with Crippen LogP contribution in [0.15, 0.2) is 29.7 Å². The van der Waals surface area contributed by atoms with Crippen molar-refractivity contribution in [3.05, 3.63) is 46.4 Å². The fourth-order valence-corrected chi connectivity index (χ4v) is 2.24. The van der Waals surface area contributed by atoms with Crippen LogP contribution < -0.4 is 10.9 Å². The van der Waals surface area contributed by atoms with Crippen LogP contribution in [0.3, 0.4) is 0 Å². The third-order valence-electron chi connectivity index (χ3n) is 3.64. The second-order valence-corrected chi connectivity index (χ2v) is 5.97. The molecule has 2 rings (SSSR count). The van der Waals surface area contributed by atoms with E-state index in [1.807, 2.05) is 6.07 Å². The van der Waals surface area contributed by atoms with Crippen molar-refractivity contribution in [3.63, 3.8) is 0 Å². The van der Waals surface area contributed by atoms with Gasteiger partial charge in [0, 0.05) is 19.3 Å². The molecule has 2 aromatic rings. The van der Waals surface area contributed by atoms with Crippen LogP contribution in [0, 0.1) is 12.8 Å². The van der Waals surface area contributed by atoms with Crippen molar-refractivity contribution < 1.29 is 4.79 Å². The summed E-state index contributed by atoms with van der Waals surface area (Å²) in [4.78, 5) is 28.7. The first-order valence-electron chi connectivity index (χ1n) is 7.79. The van der Waals surface area contributed by atoms with Crippen molar-refractivity contribution >= 4 is 5.91 Å². The van der Waals surface area contributed by atoms with Crippen LogP contribution in [0.5, 0.6) is 0 Å². The first kappa shape index (κ1) is 16.9. The smallest absolute Gasteiger partial charge is 0.263 e. The molecule has 0 saturated carbocycles. The van der Waals surface area contributed by atoms with E-state index in [4.69, 9.17) is 0 Å². The lowest BCUT2D eigenvalue weighted by molar-refractivity contribution is 0.0949. The molecule has 0 atom stereocenters. The first-order chi connectivity index (χ1) is 11.0. The summed E-state index contributed by atoms with van der Waals surface area (Å²) in [6.45, 7) is 7.52. The molecule has 0 aromatic carbocycles. The number of amides is 1. The third kappa shape index (κ3) is 4.51. The molecule has 0 aliphatic heterocycles. The van der Waals surface area contributed by atoms with Gasteiger partial charge in [0.05, 0.1) is 6.54 Å². The van der Waals surface area contributed by atoms with Gasteiger partial charge in [-0.05, 0) is 30.9 Å². The molecule has 0 aliphatic carbocycles. The molecule has 7 heteroatoms. The van der Waals surface area contributed by atoms with Crippen LogP contribution >= 0.6 is 0 Å². The summed E-state index contributed by atoms with van der Waals surface area (Å²) in [7, 11) is 0. The van der Waals surface area contributed by atoms with E-state index in [0.29, 0.717) is 31.1 Å². The highest BCUT2D eigenvalue weighted by molar-refractivity contribution is 5.95. The minimum absolute atomic E-state index is 0.217. The summed E-state index contributed by atoms with van der Waals surface area (Å²) < 4.78 is 3.23. The van der Waals surface area contributed by atoms with Crippen molar-refractivity contribution in [2.75, 3.05) is 6.54 Å². The molecule has 1 amide bonds. The van der Waals surface area contributed by atoms with Crippen LogP contribution in [-0.4, -0.2) is 31.8 Å². The van der Waals surface area contributed by atoms with Gasteiger partial charge in [0.2, 0.25) is 0 Å². The zero-order valence-corrected chi connectivity index (χ0v) is 13.8. The maximum atomic E-state index is 12.5. The lowest BCUT2D eigenvalue weighted by atomic mass is 10.1. The molecule has 7 nitrogen and oxygen atoms in total. The molecule has 2 heterocycles. The predicted molar refractivity (Wildman–Crippen MR) is 87.2 cm³/mol. The summed E-state index contributed by atoms with van der Waals surface area (Å²) in [6, 6.07) is 1.81. The van der Waals surface area contributed by atoms with Crippen LogP contribution in [0.1, 0.15) is 36.2 Å². The Labute approximate surface area is 135 Å². The summed E-state index contributed by atoms with van der Waals surface area (Å²) in [5.41, 5.74) is 0.674. The topological polar surface area (TPSA) is 81.8 Å². The number of hydrogen-bond donors (Lipinski definition) is 1. The van der Waals surface area contributed by atoms with Crippen molar-refractivity contribution in [1.29, 1.82) is 0 Å². The van der Waals surface area contributed by atoms with E-state index in [0.717, 1.165) is 6.42 Å². The Morgan fingerprint density at radius 1 is 1.35 bits per heavy atom. The number of nitrogens with zero attached hydrogens (tertiary/aromatic N) is 4. The lowest BCUT2D eigenvalue weighted by Crippen LogP contribution is -2.35. The Balaban J connectivity index is 2.06. The number of carbonyl (C=O) groups excluding carboxylic acids is 1. The molecule has 2 aromatic heterocycles. The van der Waals surface area contributed by atoms with Gasteiger partial charge >= 0.3 is 0 Å². The predicted octanol–water partition coefficient (Wildman–Crippen LogP) is 1.22. The number of aromatic nitrogens is 4. The number of aryl methyl sites for hydroxylation is 2. The van der Waals surface area contributed by atoms with Crippen LogP contribution in [0.2, 0.25) is 0 Å². The number of nitrogens with one attached hydrogen (secondary N) is 1. The summed E-state index contributed by atoms with van der Waals surface area (Å²) >= 11 is 0. The molecule has 0 fully saturated rings. The van der Waals surface area contributed by atoms with Gasteiger partial charge in [-0.3, -0.25) is 14.3 Å². The van der Waals surface area contributed by atoms with Gasteiger partial charge in [-0.2, -0.15) is 5.10 Å². The zero-order valence-electron chi connectivity index (χ0n) is 13.8. The van der Waals surface area contributed by atoms with E-state index in [1.165, 1.54) is 6.33 Å². The molecule has 0 radical (unpaired) electrons. The fraction of sp³-hybridized carbons (Fsp3) is 0.500. The number of pyridine rings is 1. The molecule has 23 heavy (non-hydrogen) atoms. The Kier molecular flexibility index (Phi) is 5.67. The second-order valence-electron chi connectivity index (χ2n) is 5.97. The monoisotopic (exact) mass is 317 g/mol. The van der Waals surface area contributed by atoms with Gasteiger partial charge in [-0.1, -0.05) is 13.8 Å². The second kappa shape index (κ2) is 7.71. The minimum Gasteiger partial charge on any atom is -0.350 e. The molecule has 1 N–H and O–H groups in total. The van der Waals surface area contributed by atoms with E-state index in [2.05, 4.69) is 29.2 Å². The van der Waals surface area contributed by atoms with Crippen LogP contribution in [-0.2, 0) is 13.1 Å². The highest BCUT2D eigenvalue weighted by Gasteiger charge is 2.15. The molecule has 0 saturated heterocycles. The Hall–Kier alpha value is -2.44. The van der Waals surface area contributed by atoms with Gasteiger partial charge in [0.25, 0.3) is 11.5 Å². The molecule has 0 bridgehead atoms. The average molecular weight is 317 g/mol. The molecule has 0 spiro atoms. The molecular formula is C16H23N5O2. The highest BCUT2D eigenvalue weighted by Crippen LogP contribution is 2.05. The van der Waals surface area contributed by atoms with Crippen molar-refractivity contribution in [1.82, 2.24) is 24.6 Å². The third-order valence-corrected chi connectivity index (χ3v) is 3.64. The SMILES string of the molecule is Cc1ccn(CCC(C)C)c(=O)c1C(=O)NCCn1cncn1. The van der Waals surface area contributed by atoms with E-state index in [1.54, 1.807) is 28.7 Å². The van der Waals surface area contributed by atoms with Gasteiger partial charge < -0.3 is 9.88 Å². The maximum Gasteiger partial charge on any atom is 0.263 e. The van der Waals surface area contributed by atoms with E-state index in [9.17, 15) is 9.59 Å². The van der Waals surface area contributed by atoms with Crippen molar-refractivity contribution in [3.8, 4) is 0 Å². The Bertz CT molecular complexity index is 704. The largest absolute Gasteiger partial charge is 0.350 e. The van der Waals surface area contributed by atoms with E-state index < -0.39 is 0 Å². The number of carbonyl (C=O) groups is 1. The van der Waals surface area contributed by atoms with Crippen molar-refractivity contribution in [2.45, 2.75) is 40.3 Å². The maximum absolute atomic E-state index is 12.5. The van der Waals surface area contributed by atoms with Crippen molar-refractivity contribution in [2.24, 2.45) is 5.92 Å².